The first-order valence-electron chi connectivity index (χ1n) is 7.40. The highest BCUT2D eigenvalue weighted by atomic mass is 14.9. The van der Waals surface area contributed by atoms with Gasteiger partial charge in [0.2, 0.25) is 0 Å². The molecule has 0 aliphatic heterocycles. The maximum Gasteiger partial charge on any atom is 0.0210 e. The molecule has 0 unspecified atom stereocenters. The molecule has 0 aliphatic rings. The summed E-state index contributed by atoms with van der Waals surface area (Å²) in [6, 6.07) is 19.4. The minimum absolute atomic E-state index is 0.152. The third-order valence-corrected chi connectivity index (χ3v) is 3.74. The molecule has 2 aromatic carbocycles. The number of nitrogens with one attached hydrogen (secondary N) is 1. The summed E-state index contributed by atoms with van der Waals surface area (Å²) >= 11 is 0. The first-order chi connectivity index (χ1) is 9.55. The van der Waals surface area contributed by atoms with E-state index in [-0.39, 0.29) is 5.54 Å². The van der Waals surface area contributed by atoms with Gasteiger partial charge in [-0.1, -0.05) is 60.2 Å². The lowest BCUT2D eigenvalue weighted by Crippen LogP contribution is -2.39. The summed E-state index contributed by atoms with van der Waals surface area (Å²) in [4.78, 5) is 0. The highest BCUT2D eigenvalue weighted by Gasteiger charge is 2.16. The molecule has 0 bridgehead atoms. The normalized spacial score (nSPS) is 11.6. The van der Waals surface area contributed by atoms with Gasteiger partial charge in [0.25, 0.3) is 0 Å². The quantitative estimate of drug-likeness (QED) is 0.812. The Hall–Kier alpha value is -1.60. The molecule has 1 heteroatoms. The molecule has 0 fully saturated rings. The van der Waals surface area contributed by atoms with Crippen LogP contribution in [-0.2, 0) is 13.0 Å². The molecule has 2 rings (SSSR count). The standard InChI is InChI=1S/C19H25N/c1-16-8-7-11-18(14-16)15-20-19(2,3)13-12-17-9-5-4-6-10-17/h4-11,14,20H,12-13,15H2,1-3H3. The zero-order chi connectivity index (χ0) is 14.4. The van der Waals surface area contributed by atoms with Crippen LogP contribution in [0.5, 0.6) is 0 Å². The van der Waals surface area contributed by atoms with Gasteiger partial charge in [0.05, 0.1) is 0 Å². The van der Waals surface area contributed by atoms with Crippen LogP contribution in [0.2, 0.25) is 0 Å². The second-order valence-corrected chi connectivity index (χ2v) is 6.21. The van der Waals surface area contributed by atoms with Crippen molar-refractivity contribution in [3.8, 4) is 0 Å². The molecule has 1 N–H and O–H groups in total. The van der Waals surface area contributed by atoms with Gasteiger partial charge >= 0.3 is 0 Å². The molecule has 0 heterocycles. The van der Waals surface area contributed by atoms with Gasteiger partial charge in [0, 0.05) is 12.1 Å². The summed E-state index contributed by atoms with van der Waals surface area (Å²) in [5.74, 6) is 0. The summed E-state index contributed by atoms with van der Waals surface area (Å²) in [6.45, 7) is 7.64. The number of benzene rings is 2. The third-order valence-electron chi connectivity index (χ3n) is 3.74. The van der Waals surface area contributed by atoms with Crippen LogP contribution in [0.3, 0.4) is 0 Å². The van der Waals surface area contributed by atoms with Gasteiger partial charge in [0.15, 0.2) is 0 Å². The Labute approximate surface area is 123 Å². The Morgan fingerprint density at radius 1 is 0.900 bits per heavy atom. The van der Waals surface area contributed by atoms with Crippen molar-refractivity contribution >= 4 is 0 Å². The smallest absolute Gasteiger partial charge is 0.0210 e. The molecule has 0 spiro atoms. The highest BCUT2D eigenvalue weighted by Crippen LogP contribution is 2.15. The molecule has 0 aliphatic carbocycles. The molecule has 0 saturated heterocycles. The lowest BCUT2D eigenvalue weighted by molar-refractivity contribution is 0.360. The molecular weight excluding hydrogens is 242 g/mol. The number of aryl methyl sites for hydroxylation is 2. The Bertz CT molecular complexity index is 528. The van der Waals surface area contributed by atoms with Gasteiger partial charge in [-0.2, -0.15) is 0 Å². The summed E-state index contributed by atoms with van der Waals surface area (Å²) < 4.78 is 0. The Morgan fingerprint density at radius 2 is 1.60 bits per heavy atom. The minimum Gasteiger partial charge on any atom is -0.308 e. The van der Waals surface area contributed by atoms with Gasteiger partial charge in [-0.15, -0.1) is 0 Å². The Morgan fingerprint density at radius 3 is 2.30 bits per heavy atom. The van der Waals surface area contributed by atoms with E-state index in [4.69, 9.17) is 0 Å². The van der Waals surface area contributed by atoms with Crippen molar-refractivity contribution in [2.24, 2.45) is 0 Å². The summed E-state index contributed by atoms with van der Waals surface area (Å²) in [5.41, 5.74) is 4.25. The second kappa shape index (κ2) is 6.71. The van der Waals surface area contributed by atoms with Crippen LogP contribution in [0.4, 0.5) is 0 Å². The van der Waals surface area contributed by atoms with Crippen molar-refractivity contribution in [1.29, 1.82) is 0 Å². The highest BCUT2D eigenvalue weighted by molar-refractivity contribution is 5.22. The maximum atomic E-state index is 3.67. The van der Waals surface area contributed by atoms with Crippen molar-refractivity contribution in [1.82, 2.24) is 5.32 Å². The van der Waals surface area contributed by atoms with Crippen molar-refractivity contribution in [3.05, 3.63) is 71.3 Å². The third kappa shape index (κ3) is 4.82. The summed E-state index contributed by atoms with van der Waals surface area (Å²) in [6.07, 6.45) is 2.26. The molecular formula is C19H25N. The van der Waals surface area contributed by atoms with Crippen molar-refractivity contribution in [2.45, 2.75) is 45.7 Å². The molecule has 0 atom stereocenters. The first kappa shape index (κ1) is 14.8. The van der Waals surface area contributed by atoms with Crippen LogP contribution < -0.4 is 5.32 Å². The van der Waals surface area contributed by atoms with E-state index in [1.807, 2.05) is 0 Å². The number of rotatable bonds is 6. The molecule has 2 aromatic rings. The maximum absolute atomic E-state index is 3.67. The van der Waals surface area contributed by atoms with Gasteiger partial charge in [0.1, 0.15) is 0 Å². The van der Waals surface area contributed by atoms with Crippen LogP contribution in [0, 0.1) is 6.92 Å². The molecule has 1 nitrogen and oxygen atoms in total. The van der Waals surface area contributed by atoms with E-state index in [0.29, 0.717) is 0 Å². The largest absolute Gasteiger partial charge is 0.308 e. The van der Waals surface area contributed by atoms with E-state index in [0.717, 1.165) is 19.4 Å². The number of hydrogen-bond acceptors (Lipinski definition) is 1. The van der Waals surface area contributed by atoms with E-state index >= 15 is 0 Å². The lowest BCUT2D eigenvalue weighted by atomic mass is 9.95. The van der Waals surface area contributed by atoms with Crippen molar-refractivity contribution in [3.63, 3.8) is 0 Å². The monoisotopic (exact) mass is 267 g/mol. The predicted octanol–water partition coefficient (Wildman–Crippen LogP) is 4.50. The van der Waals surface area contributed by atoms with Gasteiger partial charge in [-0.05, 0) is 44.7 Å². The van der Waals surface area contributed by atoms with Crippen LogP contribution in [-0.4, -0.2) is 5.54 Å². The second-order valence-electron chi connectivity index (χ2n) is 6.21. The first-order valence-corrected chi connectivity index (χ1v) is 7.40. The van der Waals surface area contributed by atoms with Crippen LogP contribution >= 0.6 is 0 Å². The molecule has 20 heavy (non-hydrogen) atoms. The lowest BCUT2D eigenvalue weighted by Gasteiger charge is -2.26. The van der Waals surface area contributed by atoms with E-state index in [1.54, 1.807) is 0 Å². The zero-order valence-electron chi connectivity index (χ0n) is 12.8. The van der Waals surface area contributed by atoms with Gasteiger partial charge < -0.3 is 5.32 Å². The van der Waals surface area contributed by atoms with Gasteiger partial charge in [-0.25, -0.2) is 0 Å². The molecule has 0 aromatic heterocycles. The Kier molecular flexibility index (Phi) is 4.97. The van der Waals surface area contributed by atoms with E-state index in [1.165, 1.54) is 16.7 Å². The Balaban J connectivity index is 1.84. The predicted molar refractivity (Wildman–Crippen MR) is 86.9 cm³/mol. The average molecular weight is 267 g/mol. The van der Waals surface area contributed by atoms with Crippen molar-refractivity contribution < 1.29 is 0 Å². The fourth-order valence-corrected chi connectivity index (χ4v) is 2.35. The van der Waals surface area contributed by atoms with E-state index in [2.05, 4.69) is 80.7 Å². The van der Waals surface area contributed by atoms with Crippen molar-refractivity contribution in [2.75, 3.05) is 0 Å². The van der Waals surface area contributed by atoms with Gasteiger partial charge in [-0.3, -0.25) is 0 Å². The average Bonchev–Trinajstić information content (AvgIpc) is 2.45. The fourth-order valence-electron chi connectivity index (χ4n) is 2.35. The van der Waals surface area contributed by atoms with Crippen LogP contribution in [0.1, 0.15) is 37.0 Å². The molecule has 0 radical (unpaired) electrons. The summed E-state index contributed by atoms with van der Waals surface area (Å²) in [5, 5.41) is 3.67. The minimum atomic E-state index is 0.152. The molecule has 0 saturated carbocycles. The van der Waals surface area contributed by atoms with Crippen LogP contribution in [0.25, 0.3) is 0 Å². The molecule has 106 valence electrons. The number of hydrogen-bond donors (Lipinski definition) is 1. The summed E-state index contributed by atoms with van der Waals surface area (Å²) in [7, 11) is 0. The van der Waals surface area contributed by atoms with E-state index in [9.17, 15) is 0 Å². The SMILES string of the molecule is Cc1cccc(CNC(C)(C)CCc2ccccc2)c1. The molecule has 0 amide bonds. The van der Waals surface area contributed by atoms with E-state index < -0.39 is 0 Å². The fraction of sp³-hybridized carbons (Fsp3) is 0.368. The zero-order valence-corrected chi connectivity index (χ0v) is 12.8. The topological polar surface area (TPSA) is 12.0 Å². The van der Waals surface area contributed by atoms with Crippen LogP contribution in [0.15, 0.2) is 54.6 Å².